The molecular weight excluding hydrogens is 244 g/mol. The first kappa shape index (κ1) is 12.2. The number of ether oxygens (including phenoxy) is 1. The number of carbonyl (C=O) groups is 1. The van der Waals surface area contributed by atoms with Crippen molar-refractivity contribution in [3.63, 3.8) is 0 Å². The van der Waals surface area contributed by atoms with Crippen LogP contribution in [0.5, 0.6) is 0 Å². The smallest absolute Gasteiger partial charge is 0.229 e. The number of para-hydroxylation sites is 1. The largest absolute Gasteiger partial charge is 0.377 e. The Bertz CT molecular complexity index is 593. The van der Waals surface area contributed by atoms with Crippen LogP contribution in [0.2, 0.25) is 0 Å². The van der Waals surface area contributed by atoms with Gasteiger partial charge >= 0.3 is 0 Å². The van der Waals surface area contributed by atoms with E-state index < -0.39 is 0 Å². The third-order valence-electron chi connectivity index (χ3n) is 3.46. The fraction of sp³-hybridized carbons (Fsp3) is 0.429. The molecule has 100 valence electrons. The van der Waals surface area contributed by atoms with E-state index in [1.165, 1.54) is 0 Å². The van der Waals surface area contributed by atoms with E-state index in [0.717, 1.165) is 11.0 Å². The van der Waals surface area contributed by atoms with E-state index >= 15 is 0 Å². The highest BCUT2D eigenvalue weighted by Gasteiger charge is 2.25. The molecule has 1 amide bonds. The van der Waals surface area contributed by atoms with Gasteiger partial charge in [-0.1, -0.05) is 17.3 Å². The predicted molar refractivity (Wildman–Crippen MR) is 69.7 cm³/mol. The van der Waals surface area contributed by atoms with Gasteiger partial charge in [0.2, 0.25) is 5.91 Å². The number of morpholine rings is 1. The summed E-state index contributed by atoms with van der Waals surface area (Å²) in [6.07, 6.45) is 0.279. The van der Waals surface area contributed by atoms with Crippen LogP contribution in [0.25, 0.3) is 11.0 Å². The zero-order valence-electron chi connectivity index (χ0n) is 10.8. The molecule has 1 aromatic heterocycles. The van der Waals surface area contributed by atoms with E-state index in [1.54, 1.807) is 0 Å². The second kappa shape index (κ2) is 5.01. The normalized spacial score (nSPS) is 19.8. The number of rotatable bonds is 2. The molecule has 19 heavy (non-hydrogen) atoms. The molecule has 0 saturated carbocycles. The van der Waals surface area contributed by atoms with E-state index in [9.17, 15) is 4.79 Å². The quantitative estimate of drug-likeness (QED) is 0.823. The maximum Gasteiger partial charge on any atom is 0.229 e. The number of carbonyl (C=O) groups excluding carboxylic acids is 1. The first-order valence-corrected chi connectivity index (χ1v) is 6.46. The Labute approximate surface area is 111 Å². The lowest BCUT2D eigenvalue weighted by molar-refractivity contribution is -0.138. The van der Waals surface area contributed by atoms with E-state index in [4.69, 9.17) is 9.26 Å². The molecule has 1 atom stereocenters. The molecule has 1 unspecified atom stereocenters. The number of hydrogen-bond acceptors (Lipinski definition) is 4. The number of nitrogens with zero attached hydrogens (tertiary/aromatic N) is 2. The highest BCUT2D eigenvalue weighted by atomic mass is 16.5. The van der Waals surface area contributed by atoms with Crippen molar-refractivity contribution >= 4 is 16.9 Å². The minimum absolute atomic E-state index is 0.0786. The van der Waals surface area contributed by atoms with Gasteiger partial charge in [-0.05, 0) is 19.1 Å². The second-order valence-electron chi connectivity index (χ2n) is 4.81. The van der Waals surface area contributed by atoms with Gasteiger partial charge in [0, 0.05) is 11.9 Å². The molecule has 1 fully saturated rings. The van der Waals surface area contributed by atoms with Crippen molar-refractivity contribution in [2.45, 2.75) is 19.4 Å². The van der Waals surface area contributed by atoms with Crippen molar-refractivity contribution in [2.24, 2.45) is 0 Å². The van der Waals surface area contributed by atoms with Gasteiger partial charge in [-0.25, -0.2) is 0 Å². The number of fused-ring (bicyclic) bond motifs is 1. The van der Waals surface area contributed by atoms with E-state index in [2.05, 4.69) is 5.16 Å². The Balaban J connectivity index is 1.79. The van der Waals surface area contributed by atoms with Crippen LogP contribution in [0.1, 0.15) is 12.6 Å². The second-order valence-corrected chi connectivity index (χ2v) is 4.81. The van der Waals surface area contributed by atoms with Gasteiger partial charge in [0.1, 0.15) is 5.69 Å². The fourth-order valence-electron chi connectivity index (χ4n) is 2.41. The molecule has 0 spiro atoms. The van der Waals surface area contributed by atoms with Gasteiger partial charge in [0.05, 0.1) is 25.7 Å². The Morgan fingerprint density at radius 1 is 1.47 bits per heavy atom. The van der Waals surface area contributed by atoms with Gasteiger partial charge in [-0.15, -0.1) is 0 Å². The summed E-state index contributed by atoms with van der Waals surface area (Å²) in [7, 11) is 0. The summed E-state index contributed by atoms with van der Waals surface area (Å²) in [6, 6.07) is 7.72. The van der Waals surface area contributed by atoms with Crippen LogP contribution in [-0.2, 0) is 16.0 Å². The van der Waals surface area contributed by atoms with Gasteiger partial charge in [-0.2, -0.15) is 0 Å². The zero-order chi connectivity index (χ0) is 13.2. The van der Waals surface area contributed by atoms with Crippen LogP contribution in [0.4, 0.5) is 0 Å². The first-order chi connectivity index (χ1) is 9.25. The summed E-state index contributed by atoms with van der Waals surface area (Å²) in [4.78, 5) is 14.2. The van der Waals surface area contributed by atoms with Crippen molar-refractivity contribution in [1.29, 1.82) is 0 Å². The molecule has 5 heteroatoms. The minimum atomic E-state index is 0.0786. The third kappa shape index (κ3) is 2.33. The molecule has 0 bridgehead atoms. The third-order valence-corrected chi connectivity index (χ3v) is 3.46. The molecule has 2 heterocycles. The van der Waals surface area contributed by atoms with Crippen LogP contribution in [0.3, 0.4) is 0 Å². The molecule has 3 rings (SSSR count). The Morgan fingerprint density at radius 2 is 2.32 bits per heavy atom. The first-order valence-electron chi connectivity index (χ1n) is 6.46. The summed E-state index contributed by atoms with van der Waals surface area (Å²) in [5, 5.41) is 4.92. The summed E-state index contributed by atoms with van der Waals surface area (Å²) in [5.41, 5.74) is 1.43. The fourth-order valence-corrected chi connectivity index (χ4v) is 2.41. The average molecular weight is 260 g/mol. The van der Waals surface area contributed by atoms with E-state index in [0.29, 0.717) is 25.5 Å². The number of hydrogen-bond donors (Lipinski definition) is 0. The molecular formula is C14H16N2O3. The van der Waals surface area contributed by atoms with Gasteiger partial charge in [0.25, 0.3) is 0 Å². The van der Waals surface area contributed by atoms with E-state index in [1.807, 2.05) is 36.1 Å². The molecule has 0 N–H and O–H groups in total. The standard InChI is InChI=1S/C14H16N2O3/c1-10-9-18-7-6-16(10)14(17)8-12-11-4-2-3-5-13(11)19-15-12/h2-5,10H,6-9H2,1H3. The topological polar surface area (TPSA) is 55.6 Å². The molecule has 1 aromatic carbocycles. The Kier molecular flexibility index (Phi) is 3.21. The number of benzene rings is 1. The molecule has 1 aliphatic heterocycles. The lowest BCUT2D eigenvalue weighted by Crippen LogP contribution is -2.47. The summed E-state index contributed by atoms with van der Waals surface area (Å²) >= 11 is 0. The maximum absolute atomic E-state index is 12.3. The molecule has 1 saturated heterocycles. The summed E-state index contributed by atoms with van der Waals surface area (Å²) < 4.78 is 10.6. The lowest BCUT2D eigenvalue weighted by Gasteiger charge is -2.33. The van der Waals surface area contributed by atoms with E-state index in [-0.39, 0.29) is 18.4 Å². The van der Waals surface area contributed by atoms with Crippen molar-refractivity contribution in [1.82, 2.24) is 10.1 Å². The lowest BCUT2D eigenvalue weighted by atomic mass is 10.1. The van der Waals surface area contributed by atoms with Crippen molar-refractivity contribution in [2.75, 3.05) is 19.8 Å². The Morgan fingerprint density at radius 3 is 3.16 bits per heavy atom. The highest BCUT2D eigenvalue weighted by molar-refractivity contribution is 5.86. The molecule has 1 aliphatic rings. The monoisotopic (exact) mass is 260 g/mol. The number of amides is 1. The van der Waals surface area contributed by atoms with Crippen LogP contribution < -0.4 is 0 Å². The van der Waals surface area contributed by atoms with Crippen molar-refractivity contribution in [3.05, 3.63) is 30.0 Å². The maximum atomic E-state index is 12.3. The van der Waals surface area contributed by atoms with Crippen LogP contribution >= 0.6 is 0 Å². The van der Waals surface area contributed by atoms with Crippen LogP contribution in [0.15, 0.2) is 28.8 Å². The number of aromatic nitrogens is 1. The van der Waals surface area contributed by atoms with Crippen molar-refractivity contribution < 1.29 is 14.1 Å². The molecule has 0 aliphatic carbocycles. The van der Waals surface area contributed by atoms with Crippen molar-refractivity contribution in [3.8, 4) is 0 Å². The zero-order valence-corrected chi connectivity index (χ0v) is 10.8. The molecule has 2 aromatic rings. The summed E-state index contributed by atoms with van der Waals surface area (Å²) in [6.45, 7) is 3.86. The van der Waals surface area contributed by atoms with Crippen LogP contribution in [-0.4, -0.2) is 41.8 Å². The summed E-state index contributed by atoms with van der Waals surface area (Å²) in [5.74, 6) is 0.0786. The van der Waals surface area contributed by atoms with Gasteiger partial charge in [0.15, 0.2) is 5.58 Å². The molecule has 5 nitrogen and oxygen atoms in total. The molecule has 0 radical (unpaired) electrons. The van der Waals surface area contributed by atoms with Gasteiger partial charge < -0.3 is 14.2 Å². The Hall–Kier alpha value is -1.88. The van der Waals surface area contributed by atoms with Crippen LogP contribution in [0, 0.1) is 0 Å². The highest BCUT2D eigenvalue weighted by Crippen LogP contribution is 2.19. The predicted octanol–water partition coefficient (Wildman–Crippen LogP) is 1.62. The SMILES string of the molecule is CC1COCCN1C(=O)Cc1noc2ccccc12. The van der Waals surface area contributed by atoms with Gasteiger partial charge in [-0.3, -0.25) is 4.79 Å². The average Bonchev–Trinajstić information content (AvgIpc) is 2.83. The minimum Gasteiger partial charge on any atom is -0.377 e.